The number of hydrogen-bond donors (Lipinski definition) is 1. The topological polar surface area (TPSA) is 64.1 Å². The molecule has 1 atom stereocenters. The molecule has 0 aliphatic carbocycles. The Morgan fingerprint density at radius 2 is 1.96 bits per heavy atom. The molecule has 1 amide bonds. The molecule has 1 heterocycles. The first-order valence-electron chi connectivity index (χ1n) is 7.62. The van der Waals surface area contributed by atoms with Gasteiger partial charge < -0.3 is 10.1 Å². The van der Waals surface area contributed by atoms with Crippen molar-refractivity contribution in [2.45, 2.75) is 16.5 Å². The van der Waals surface area contributed by atoms with Gasteiger partial charge in [0.15, 0.2) is 4.34 Å². The zero-order chi connectivity index (χ0) is 17.6. The van der Waals surface area contributed by atoms with E-state index in [0.29, 0.717) is 11.4 Å². The summed E-state index contributed by atoms with van der Waals surface area (Å²) in [6.07, 6.45) is 0. The molecule has 7 heteroatoms. The Bertz CT molecular complexity index is 852. The second-order valence-corrected chi connectivity index (χ2v) is 7.75. The third-order valence-corrected chi connectivity index (χ3v) is 5.58. The number of nitrogens with zero attached hydrogens (tertiary/aromatic N) is 2. The number of carbonyl (C=O) groups is 1. The fraction of sp³-hybridized carbons (Fsp3) is 0.167. The molecule has 1 unspecified atom stereocenters. The van der Waals surface area contributed by atoms with Gasteiger partial charge in [-0.15, -0.1) is 10.2 Å². The number of rotatable bonds is 6. The van der Waals surface area contributed by atoms with Crippen molar-refractivity contribution in [1.29, 1.82) is 0 Å². The molecule has 0 saturated heterocycles. The lowest BCUT2D eigenvalue weighted by Gasteiger charge is -2.16. The highest BCUT2D eigenvalue weighted by molar-refractivity contribution is 8.01. The summed E-state index contributed by atoms with van der Waals surface area (Å²) in [7, 11) is 1.60. The van der Waals surface area contributed by atoms with Crippen molar-refractivity contribution in [1.82, 2.24) is 10.2 Å². The SMILES string of the molecule is COc1cccc(NC(=O)C(Sc2nnc(C)s2)c2ccccc2)c1. The second kappa shape index (κ2) is 8.13. The maximum Gasteiger partial charge on any atom is 0.242 e. The zero-order valence-electron chi connectivity index (χ0n) is 13.8. The second-order valence-electron chi connectivity index (χ2n) is 5.22. The quantitative estimate of drug-likeness (QED) is 0.654. The van der Waals surface area contributed by atoms with E-state index in [2.05, 4.69) is 15.5 Å². The van der Waals surface area contributed by atoms with Crippen LogP contribution < -0.4 is 10.1 Å². The van der Waals surface area contributed by atoms with E-state index in [4.69, 9.17) is 4.74 Å². The molecule has 0 aliphatic rings. The predicted molar refractivity (Wildman–Crippen MR) is 101 cm³/mol. The van der Waals surface area contributed by atoms with E-state index in [1.54, 1.807) is 13.2 Å². The smallest absolute Gasteiger partial charge is 0.242 e. The van der Waals surface area contributed by atoms with Crippen molar-refractivity contribution >= 4 is 34.7 Å². The Morgan fingerprint density at radius 3 is 2.64 bits per heavy atom. The number of methoxy groups -OCH3 is 1. The standard InChI is InChI=1S/C18H17N3O2S2/c1-12-20-21-18(24-12)25-16(13-7-4-3-5-8-13)17(22)19-14-9-6-10-15(11-14)23-2/h3-11,16H,1-2H3,(H,19,22). The Balaban J connectivity index is 1.83. The van der Waals surface area contributed by atoms with E-state index in [1.807, 2.05) is 55.5 Å². The minimum atomic E-state index is -0.417. The molecule has 25 heavy (non-hydrogen) atoms. The van der Waals surface area contributed by atoms with Gasteiger partial charge in [0.2, 0.25) is 5.91 Å². The summed E-state index contributed by atoms with van der Waals surface area (Å²) in [5.41, 5.74) is 1.61. The highest BCUT2D eigenvalue weighted by Crippen LogP contribution is 2.37. The number of anilines is 1. The number of hydrogen-bond acceptors (Lipinski definition) is 6. The monoisotopic (exact) mass is 371 g/mol. The maximum absolute atomic E-state index is 12.9. The molecule has 0 fully saturated rings. The van der Waals surface area contributed by atoms with Crippen molar-refractivity contribution in [2.24, 2.45) is 0 Å². The number of thioether (sulfide) groups is 1. The van der Waals surface area contributed by atoms with Crippen LogP contribution in [0.1, 0.15) is 15.8 Å². The summed E-state index contributed by atoms with van der Waals surface area (Å²) in [4.78, 5) is 12.9. The normalized spacial score (nSPS) is 11.8. The molecule has 3 rings (SSSR count). The summed E-state index contributed by atoms with van der Waals surface area (Å²) in [6, 6.07) is 17.0. The van der Waals surface area contributed by atoms with Crippen LogP contribution in [0.4, 0.5) is 5.69 Å². The van der Waals surface area contributed by atoms with Gasteiger partial charge in [0.1, 0.15) is 16.0 Å². The minimum Gasteiger partial charge on any atom is -0.497 e. The van der Waals surface area contributed by atoms with Gasteiger partial charge in [-0.05, 0) is 24.6 Å². The van der Waals surface area contributed by atoms with Gasteiger partial charge in [0.25, 0.3) is 0 Å². The number of benzene rings is 2. The lowest BCUT2D eigenvalue weighted by molar-refractivity contribution is -0.115. The Morgan fingerprint density at radius 1 is 1.16 bits per heavy atom. The fourth-order valence-electron chi connectivity index (χ4n) is 2.24. The van der Waals surface area contributed by atoms with Gasteiger partial charge in [0, 0.05) is 11.8 Å². The molecule has 0 radical (unpaired) electrons. The van der Waals surface area contributed by atoms with Gasteiger partial charge in [-0.25, -0.2) is 0 Å². The fourth-order valence-corrected chi connectivity index (χ4v) is 4.24. The Labute approximate surface area is 154 Å². The average Bonchev–Trinajstić information content (AvgIpc) is 3.05. The number of carbonyl (C=O) groups excluding carboxylic acids is 1. The molecule has 0 aliphatic heterocycles. The van der Waals surface area contributed by atoms with Gasteiger partial charge in [-0.2, -0.15) is 0 Å². The van der Waals surface area contributed by atoms with E-state index >= 15 is 0 Å². The van der Waals surface area contributed by atoms with E-state index in [1.165, 1.54) is 23.1 Å². The summed E-state index contributed by atoms with van der Waals surface area (Å²) < 4.78 is 5.98. The lowest BCUT2D eigenvalue weighted by atomic mass is 10.1. The third-order valence-electron chi connectivity index (χ3n) is 3.40. The van der Waals surface area contributed by atoms with Crippen LogP contribution in [0.25, 0.3) is 0 Å². The third kappa shape index (κ3) is 4.58. The molecule has 0 spiro atoms. The number of aromatic nitrogens is 2. The van der Waals surface area contributed by atoms with Gasteiger partial charge in [-0.1, -0.05) is 59.5 Å². The molecule has 1 aromatic heterocycles. The highest BCUT2D eigenvalue weighted by Gasteiger charge is 2.24. The van der Waals surface area contributed by atoms with Gasteiger partial charge in [0.05, 0.1) is 7.11 Å². The molecule has 5 nitrogen and oxygen atoms in total. The molecule has 3 aromatic rings. The first-order valence-corrected chi connectivity index (χ1v) is 9.32. The van der Waals surface area contributed by atoms with Crippen LogP contribution >= 0.6 is 23.1 Å². The van der Waals surface area contributed by atoms with Crippen molar-refractivity contribution < 1.29 is 9.53 Å². The number of nitrogens with one attached hydrogen (secondary N) is 1. The predicted octanol–water partition coefficient (Wildman–Crippen LogP) is 4.33. The van der Waals surface area contributed by atoms with Crippen LogP contribution in [0.15, 0.2) is 58.9 Å². The van der Waals surface area contributed by atoms with Crippen LogP contribution in [-0.2, 0) is 4.79 Å². The largest absolute Gasteiger partial charge is 0.497 e. The summed E-state index contributed by atoms with van der Waals surface area (Å²) in [5, 5.41) is 11.6. The van der Waals surface area contributed by atoms with E-state index in [-0.39, 0.29) is 5.91 Å². The van der Waals surface area contributed by atoms with E-state index in [0.717, 1.165) is 14.9 Å². The van der Waals surface area contributed by atoms with E-state index in [9.17, 15) is 4.79 Å². The lowest BCUT2D eigenvalue weighted by Crippen LogP contribution is -2.19. The average molecular weight is 371 g/mol. The number of ether oxygens (including phenoxy) is 1. The van der Waals surface area contributed by atoms with Crippen molar-refractivity contribution in [3.63, 3.8) is 0 Å². The zero-order valence-corrected chi connectivity index (χ0v) is 15.4. The first kappa shape index (κ1) is 17.4. The van der Waals surface area contributed by atoms with Crippen LogP contribution in [-0.4, -0.2) is 23.2 Å². The highest BCUT2D eigenvalue weighted by atomic mass is 32.2. The summed E-state index contributed by atoms with van der Waals surface area (Å²) in [5.74, 6) is 0.582. The van der Waals surface area contributed by atoms with Crippen molar-refractivity contribution in [2.75, 3.05) is 12.4 Å². The molecular formula is C18H17N3O2S2. The minimum absolute atomic E-state index is 0.114. The van der Waals surface area contributed by atoms with Crippen molar-refractivity contribution in [3.05, 3.63) is 65.2 Å². The van der Waals surface area contributed by atoms with Crippen LogP contribution in [0, 0.1) is 6.92 Å². The van der Waals surface area contributed by atoms with E-state index < -0.39 is 5.25 Å². The van der Waals surface area contributed by atoms with Crippen LogP contribution in [0.3, 0.4) is 0 Å². The molecule has 128 valence electrons. The maximum atomic E-state index is 12.9. The number of aryl methyl sites for hydroxylation is 1. The molecule has 1 N–H and O–H groups in total. The van der Waals surface area contributed by atoms with Gasteiger partial charge in [-0.3, -0.25) is 4.79 Å². The number of amides is 1. The Kier molecular flexibility index (Phi) is 5.67. The summed E-state index contributed by atoms with van der Waals surface area (Å²) in [6.45, 7) is 1.90. The van der Waals surface area contributed by atoms with Crippen LogP contribution in [0.5, 0.6) is 5.75 Å². The molecule has 0 bridgehead atoms. The Hall–Kier alpha value is -2.38. The molecule has 0 saturated carbocycles. The van der Waals surface area contributed by atoms with Crippen LogP contribution in [0.2, 0.25) is 0 Å². The molecule has 2 aromatic carbocycles. The molecular weight excluding hydrogens is 354 g/mol. The van der Waals surface area contributed by atoms with Crippen molar-refractivity contribution in [3.8, 4) is 5.75 Å². The first-order chi connectivity index (χ1) is 12.2. The summed E-state index contributed by atoms with van der Waals surface area (Å²) >= 11 is 2.88. The van der Waals surface area contributed by atoms with Gasteiger partial charge >= 0.3 is 0 Å².